The summed E-state index contributed by atoms with van der Waals surface area (Å²) >= 11 is 0. The Morgan fingerprint density at radius 2 is 1.83 bits per heavy atom. The van der Waals surface area contributed by atoms with Gasteiger partial charge in [-0.2, -0.15) is 10.4 Å². The molecule has 0 spiro atoms. The standard InChI is InChI=1S/C21H17FN4O3/c22-17-5-3-16(4-6-17)19-9-10-21(28)26(25-19)12-11-24-20(27)14-29-18-7-1-15(13-23)2-8-18/h1-10H,11-12,14H2,(H,24,27). The Labute approximate surface area is 166 Å². The van der Waals surface area contributed by atoms with E-state index in [0.717, 1.165) is 0 Å². The Balaban J connectivity index is 1.52. The van der Waals surface area contributed by atoms with Crippen LogP contribution in [0.25, 0.3) is 11.3 Å². The van der Waals surface area contributed by atoms with Gasteiger partial charge in [-0.15, -0.1) is 0 Å². The number of hydrogen-bond donors (Lipinski definition) is 1. The second kappa shape index (κ2) is 9.28. The SMILES string of the molecule is N#Cc1ccc(OCC(=O)NCCn2nc(-c3ccc(F)cc3)ccc2=O)cc1. The van der Waals surface area contributed by atoms with Crippen LogP contribution in [0.4, 0.5) is 4.39 Å². The molecule has 0 atom stereocenters. The van der Waals surface area contributed by atoms with Crippen molar-refractivity contribution in [2.45, 2.75) is 6.54 Å². The number of nitrogens with one attached hydrogen (secondary N) is 1. The molecular weight excluding hydrogens is 375 g/mol. The van der Waals surface area contributed by atoms with E-state index in [4.69, 9.17) is 10.00 Å². The second-order valence-corrected chi connectivity index (χ2v) is 6.06. The van der Waals surface area contributed by atoms with Crippen molar-refractivity contribution in [1.29, 1.82) is 5.26 Å². The number of amides is 1. The molecule has 7 nitrogen and oxygen atoms in total. The highest BCUT2D eigenvalue weighted by molar-refractivity contribution is 5.77. The third kappa shape index (κ3) is 5.49. The van der Waals surface area contributed by atoms with Gasteiger partial charge in [-0.05, 0) is 54.6 Å². The quantitative estimate of drug-likeness (QED) is 0.664. The maximum atomic E-state index is 13.1. The smallest absolute Gasteiger partial charge is 0.266 e. The van der Waals surface area contributed by atoms with Crippen LogP contribution >= 0.6 is 0 Å². The van der Waals surface area contributed by atoms with Crippen molar-refractivity contribution in [3.63, 3.8) is 0 Å². The number of ether oxygens (including phenoxy) is 1. The molecule has 1 amide bonds. The molecule has 146 valence electrons. The Hall–Kier alpha value is -3.99. The van der Waals surface area contributed by atoms with Crippen LogP contribution in [0.2, 0.25) is 0 Å². The fourth-order valence-corrected chi connectivity index (χ4v) is 2.51. The van der Waals surface area contributed by atoms with E-state index in [1.165, 1.54) is 22.9 Å². The molecule has 1 aromatic heterocycles. The van der Waals surface area contributed by atoms with E-state index in [2.05, 4.69) is 10.4 Å². The third-order valence-corrected chi connectivity index (χ3v) is 4.01. The minimum absolute atomic E-state index is 0.177. The van der Waals surface area contributed by atoms with Crippen molar-refractivity contribution in [2.75, 3.05) is 13.2 Å². The molecule has 0 aliphatic heterocycles. The van der Waals surface area contributed by atoms with E-state index < -0.39 is 0 Å². The van der Waals surface area contributed by atoms with Crippen LogP contribution in [-0.2, 0) is 11.3 Å². The lowest BCUT2D eigenvalue weighted by atomic mass is 10.1. The number of carbonyl (C=O) groups is 1. The molecular formula is C21H17FN4O3. The molecule has 0 unspecified atom stereocenters. The Morgan fingerprint density at radius 1 is 1.10 bits per heavy atom. The fourth-order valence-electron chi connectivity index (χ4n) is 2.51. The average molecular weight is 392 g/mol. The predicted octanol–water partition coefficient (Wildman–Crippen LogP) is 2.12. The zero-order valence-corrected chi connectivity index (χ0v) is 15.3. The lowest BCUT2D eigenvalue weighted by Gasteiger charge is -2.09. The number of nitriles is 1. The summed E-state index contributed by atoms with van der Waals surface area (Å²) < 4.78 is 19.6. The summed E-state index contributed by atoms with van der Waals surface area (Å²) in [5.74, 6) is -0.228. The topological polar surface area (TPSA) is 97.0 Å². The summed E-state index contributed by atoms with van der Waals surface area (Å²) in [5.41, 5.74) is 1.40. The summed E-state index contributed by atoms with van der Waals surface area (Å²) in [6, 6.07) is 17.1. The first-order chi connectivity index (χ1) is 14.0. The maximum Gasteiger partial charge on any atom is 0.266 e. The average Bonchev–Trinajstić information content (AvgIpc) is 2.74. The molecule has 0 saturated carbocycles. The van der Waals surface area contributed by atoms with Crippen LogP contribution in [-0.4, -0.2) is 28.8 Å². The van der Waals surface area contributed by atoms with Gasteiger partial charge in [-0.1, -0.05) is 0 Å². The molecule has 29 heavy (non-hydrogen) atoms. The molecule has 0 aliphatic carbocycles. The minimum atomic E-state index is -0.354. The van der Waals surface area contributed by atoms with Gasteiger partial charge < -0.3 is 10.1 Å². The fraction of sp³-hybridized carbons (Fsp3) is 0.143. The molecule has 0 saturated heterocycles. The molecule has 0 bridgehead atoms. The lowest BCUT2D eigenvalue weighted by Crippen LogP contribution is -2.34. The number of aromatic nitrogens is 2. The van der Waals surface area contributed by atoms with Crippen molar-refractivity contribution in [3.8, 4) is 23.1 Å². The monoisotopic (exact) mass is 392 g/mol. The van der Waals surface area contributed by atoms with Gasteiger partial charge in [-0.3, -0.25) is 9.59 Å². The van der Waals surface area contributed by atoms with E-state index in [1.807, 2.05) is 6.07 Å². The summed E-state index contributed by atoms with van der Waals surface area (Å²) in [6.45, 7) is 0.176. The Bertz CT molecular complexity index is 1090. The minimum Gasteiger partial charge on any atom is -0.484 e. The largest absolute Gasteiger partial charge is 0.484 e. The van der Waals surface area contributed by atoms with Crippen LogP contribution in [0.1, 0.15) is 5.56 Å². The van der Waals surface area contributed by atoms with Crippen LogP contribution in [0.3, 0.4) is 0 Å². The van der Waals surface area contributed by atoms with E-state index >= 15 is 0 Å². The molecule has 0 fully saturated rings. The van der Waals surface area contributed by atoms with Gasteiger partial charge in [0.25, 0.3) is 11.5 Å². The van der Waals surface area contributed by atoms with E-state index in [-0.39, 0.29) is 37.0 Å². The maximum absolute atomic E-state index is 13.1. The lowest BCUT2D eigenvalue weighted by molar-refractivity contribution is -0.123. The van der Waals surface area contributed by atoms with Gasteiger partial charge in [-0.25, -0.2) is 9.07 Å². The van der Waals surface area contributed by atoms with Crippen molar-refractivity contribution >= 4 is 5.91 Å². The van der Waals surface area contributed by atoms with Gasteiger partial charge in [0.2, 0.25) is 0 Å². The second-order valence-electron chi connectivity index (χ2n) is 6.06. The molecule has 2 aromatic carbocycles. The highest BCUT2D eigenvalue weighted by Gasteiger charge is 2.06. The van der Waals surface area contributed by atoms with Gasteiger partial charge in [0.15, 0.2) is 6.61 Å². The first-order valence-corrected chi connectivity index (χ1v) is 8.79. The number of hydrogen-bond acceptors (Lipinski definition) is 5. The number of rotatable bonds is 7. The molecule has 3 rings (SSSR count). The van der Waals surface area contributed by atoms with E-state index in [9.17, 15) is 14.0 Å². The first kappa shape index (κ1) is 19.8. The number of carbonyl (C=O) groups excluding carboxylic acids is 1. The first-order valence-electron chi connectivity index (χ1n) is 8.79. The summed E-state index contributed by atoms with van der Waals surface area (Å²) in [6.07, 6.45) is 0. The van der Waals surface area contributed by atoms with E-state index in [0.29, 0.717) is 22.6 Å². The van der Waals surface area contributed by atoms with Crippen molar-refractivity contribution in [2.24, 2.45) is 0 Å². The summed E-state index contributed by atoms with van der Waals surface area (Å²) in [7, 11) is 0. The van der Waals surface area contributed by atoms with Crippen molar-refractivity contribution in [3.05, 3.63) is 82.4 Å². The number of nitrogens with zero attached hydrogens (tertiary/aromatic N) is 3. The molecule has 8 heteroatoms. The molecule has 3 aromatic rings. The van der Waals surface area contributed by atoms with Gasteiger partial charge in [0, 0.05) is 18.2 Å². The molecule has 0 aliphatic rings. The highest BCUT2D eigenvalue weighted by atomic mass is 19.1. The van der Waals surface area contributed by atoms with Crippen LogP contribution in [0.5, 0.6) is 5.75 Å². The number of benzene rings is 2. The predicted molar refractivity (Wildman–Crippen MR) is 104 cm³/mol. The Kier molecular flexibility index (Phi) is 6.32. The van der Waals surface area contributed by atoms with Gasteiger partial charge in [0.1, 0.15) is 11.6 Å². The zero-order valence-electron chi connectivity index (χ0n) is 15.3. The molecule has 0 radical (unpaired) electrons. The van der Waals surface area contributed by atoms with Crippen LogP contribution < -0.4 is 15.6 Å². The van der Waals surface area contributed by atoms with E-state index in [1.54, 1.807) is 42.5 Å². The van der Waals surface area contributed by atoms with Gasteiger partial charge in [0.05, 0.1) is 23.9 Å². The normalized spacial score (nSPS) is 10.2. The molecule has 1 N–H and O–H groups in total. The Morgan fingerprint density at radius 3 is 2.52 bits per heavy atom. The zero-order chi connectivity index (χ0) is 20.6. The summed E-state index contributed by atoms with van der Waals surface area (Å²) in [5, 5.41) is 15.7. The van der Waals surface area contributed by atoms with Crippen LogP contribution in [0, 0.1) is 17.1 Å². The van der Waals surface area contributed by atoms with Crippen LogP contribution in [0.15, 0.2) is 65.5 Å². The third-order valence-electron chi connectivity index (χ3n) is 4.01. The molecule has 1 heterocycles. The highest BCUT2D eigenvalue weighted by Crippen LogP contribution is 2.15. The van der Waals surface area contributed by atoms with Gasteiger partial charge >= 0.3 is 0 Å². The van der Waals surface area contributed by atoms with Crippen molar-refractivity contribution < 1.29 is 13.9 Å². The summed E-state index contributed by atoms with van der Waals surface area (Å²) in [4.78, 5) is 23.9. The number of halogens is 1. The van der Waals surface area contributed by atoms with Crippen molar-refractivity contribution in [1.82, 2.24) is 15.1 Å².